The average Bonchev–Trinajstić information content (AvgIpc) is 3.09. The Morgan fingerprint density at radius 3 is 2.63 bits per heavy atom. The zero-order chi connectivity index (χ0) is 19.3. The second-order valence-corrected chi connectivity index (χ2v) is 7.50. The number of nitrogens with zero attached hydrogens (tertiary/aromatic N) is 1. The minimum atomic E-state index is -0.587. The van der Waals surface area contributed by atoms with Gasteiger partial charge in [-0.15, -0.1) is 0 Å². The lowest BCUT2D eigenvalue weighted by atomic mass is 9.92. The molecular formula is C22H21FN2O2. The second kappa shape index (κ2) is 5.98. The first kappa shape index (κ1) is 17.3. The number of nitrogens with one attached hydrogen (secondary N) is 1. The van der Waals surface area contributed by atoms with Crippen molar-refractivity contribution in [2.45, 2.75) is 19.4 Å². The number of carbonyl (C=O) groups excluding carboxylic acids is 1. The van der Waals surface area contributed by atoms with E-state index in [1.165, 1.54) is 12.1 Å². The van der Waals surface area contributed by atoms with Gasteiger partial charge in [-0.05, 0) is 55.8 Å². The van der Waals surface area contributed by atoms with Gasteiger partial charge in [0.15, 0.2) is 0 Å². The number of carbonyl (C=O) groups is 1. The van der Waals surface area contributed by atoms with Crippen LogP contribution in [0.15, 0.2) is 54.3 Å². The molecule has 0 atom stereocenters. The fourth-order valence-corrected chi connectivity index (χ4v) is 3.56. The average molecular weight is 364 g/mol. The molecule has 27 heavy (non-hydrogen) atoms. The van der Waals surface area contributed by atoms with Crippen LogP contribution in [0, 0.1) is 5.82 Å². The molecule has 5 heteroatoms. The number of fused-ring (bicyclic) bond motifs is 1. The Kier molecular flexibility index (Phi) is 3.84. The minimum absolute atomic E-state index is 0.277. The summed E-state index contributed by atoms with van der Waals surface area (Å²) in [7, 11) is 3.99. The van der Waals surface area contributed by atoms with Gasteiger partial charge in [0.1, 0.15) is 17.2 Å². The lowest BCUT2D eigenvalue weighted by Gasteiger charge is -2.24. The van der Waals surface area contributed by atoms with Gasteiger partial charge in [0.05, 0.1) is 11.3 Å². The summed E-state index contributed by atoms with van der Waals surface area (Å²) in [5.41, 5.74) is 4.11. The van der Waals surface area contributed by atoms with Gasteiger partial charge in [0.25, 0.3) is 5.91 Å². The number of halogens is 1. The Hall–Kier alpha value is -3.08. The third-order valence-corrected chi connectivity index (χ3v) is 4.94. The Labute approximate surface area is 157 Å². The molecule has 0 radical (unpaired) electrons. The molecule has 0 bridgehead atoms. The maximum atomic E-state index is 13.5. The lowest BCUT2D eigenvalue weighted by molar-refractivity contribution is -0.111. The Balaban J connectivity index is 1.85. The van der Waals surface area contributed by atoms with Gasteiger partial charge < -0.3 is 15.0 Å². The van der Waals surface area contributed by atoms with E-state index in [1.54, 1.807) is 6.07 Å². The van der Waals surface area contributed by atoms with Crippen molar-refractivity contribution in [3.8, 4) is 0 Å². The summed E-state index contributed by atoms with van der Waals surface area (Å²) in [5.74, 6) is -0.154. The van der Waals surface area contributed by atoms with Crippen molar-refractivity contribution in [2.75, 3.05) is 24.3 Å². The van der Waals surface area contributed by atoms with Gasteiger partial charge in [-0.1, -0.05) is 12.1 Å². The zero-order valence-corrected chi connectivity index (χ0v) is 15.8. The molecule has 0 unspecified atom stereocenters. The van der Waals surface area contributed by atoms with Crippen LogP contribution in [-0.4, -0.2) is 25.6 Å². The summed E-state index contributed by atoms with van der Waals surface area (Å²) in [6.07, 6.45) is 1.92. The number of allylic oxidation sites excluding steroid dienone is 1. The van der Waals surface area contributed by atoms with Crippen molar-refractivity contribution in [3.63, 3.8) is 0 Å². The Morgan fingerprint density at radius 1 is 1.11 bits per heavy atom. The van der Waals surface area contributed by atoms with Gasteiger partial charge in [-0.25, -0.2) is 4.39 Å². The van der Waals surface area contributed by atoms with Crippen molar-refractivity contribution in [2.24, 2.45) is 0 Å². The van der Waals surface area contributed by atoms with Gasteiger partial charge in [-0.3, -0.25) is 4.79 Å². The quantitative estimate of drug-likeness (QED) is 0.801. The normalized spacial score (nSPS) is 20.0. The van der Waals surface area contributed by atoms with Crippen LogP contribution in [0.3, 0.4) is 0 Å². The van der Waals surface area contributed by atoms with Crippen molar-refractivity contribution in [3.05, 3.63) is 71.2 Å². The minimum Gasteiger partial charge on any atom is -0.482 e. The van der Waals surface area contributed by atoms with Crippen LogP contribution in [0.5, 0.6) is 0 Å². The molecule has 2 aliphatic heterocycles. The molecule has 2 aromatic carbocycles. The summed E-state index contributed by atoms with van der Waals surface area (Å²) >= 11 is 0. The van der Waals surface area contributed by atoms with Crippen LogP contribution in [-0.2, 0) is 9.53 Å². The molecular weight excluding hydrogens is 343 g/mol. The highest BCUT2D eigenvalue weighted by Gasteiger charge is 2.38. The molecule has 0 saturated carbocycles. The Bertz CT molecular complexity index is 1020. The maximum Gasteiger partial charge on any atom is 0.260 e. The summed E-state index contributed by atoms with van der Waals surface area (Å²) < 4.78 is 19.7. The second-order valence-electron chi connectivity index (χ2n) is 7.50. The van der Waals surface area contributed by atoms with E-state index in [4.69, 9.17) is 4.74 Å². The number of benzene rings is 2. The third-order valence-electron chi connectivity index (χ3n) is 4.94. The van der Waals surface area contributed by atoms with Crippen LogP contribution in [0.2, 0.25) is 0 Å². The van der Waals surface area contributed by atoms with Gasteiger partial charge in [0, 0.05) is 30.9 Å². The highest BCUT2D eigenvalue weighted by Crippen LogP contribution is 2.44. The fraction of sp³-hybridized carbons (Fsp3) is 0.227. The summed E-state index contributed by atoms with van der Waals surface area (Å²) in [6, 6.07) is 12.5. The molecule has 0 fully saturated rings. The largest absolute Gasteiger partial charge is 0.482 e. The molecule has 1 amide bonds. The molecule has 1 N–H and O–H groups in total. The van der Waals surface area contributed by atoms with E-state index in [0.717, 1.165) is 16.8 Å². The van der Waals surface area contributed by atoms with Gasteiger partial charge in [0.2, 0.25) is 0 Å². The maximum absolute atomic E-state index is 13.5. The summed E-state index contributed by atoms with van der Waals surface area (Å²) in [5, 5.41) is 2.72. The number of anilines is 2. The van der Waals surface area contributed by atoms with E-state index in [-0.39, 0.29) is 11.7 Å². The first-order valence-electron chi connectivity index (χ1n) is 8.81. The highest BCUT2D eigenvalue weighted by molar-refractivity contribution is 6.32. The summed E-state index contributed by atoms with van der Waals surface area (Å²) in [4.78, 5) is 14.6. The van der Waals surface area contributed by atoms with Gasteiger partial charge in [-0.2, -0.15) is 0 Å². The molecule has 2 aliphatic rings. The molecule has 138 valence electrons. The smallest absolute Gasteiger partial charge is 0.260 e. The molecule has 2 aromatic rings. The number of rotatable bonds is 2. The van der Waals surface area contributed by atoms with Crippen molar-refractivity contribution in [1.29, 1.82) is 0 Å². The zero-order valence-electron chi connectivity index (χ0n) is 15.8. The van der Waals surface area contributed by atoms with E-state index >= 15 is 0 Å². The summed E-state index contributed by atoms with van der Waals surface area (Å²) in [6.45, 7) is 3.96. The van der Waals surface area contributed by atoms with Crippen LogP contribution in [0.1, 0.15) is 25.0 Å². The van der Waals surface area contributed by atoms with Crippen LogP contribution >= 0.6 is 0 Å². The van der Waals surface area contributed by atoms with E-state index in [9.17, 15) is 9.18 Å². The monoisotopic (exact) mass is 364 g/mol. The third kappa shape index (κ3) is 2.89. The number of hydrogen-bond acceptors (Lipinski definition) is 3. The molecule has 0 spiro atoms. The molecule has 0 saturated heterocycles. The number of ether oxygens (including phenoxy) is 1. The first-order chi connectivity index (χ1) is 12.8. The molecule has 0 aliphatic carbocycles. The van der Waals surface area contributed by atoms with E-state index in [2.05, 4.69) is 11.4 Å². The molecule has 0 aromatic heterocycles. The van der Waals surface area contributed by atoms with E-state index in [0.29, 0.717) is 22.6 Å². The topological polar surface area (TPSA) is 41.6 Å². The first-order valence-corrected chi connectivity index (χ1v) is 8.81. The van der Waals surface area contributed by atoms with Crippen molar-refractivity contribution < 1.29 is 13.9 Å². The van der Waals surface area contributed by atoms with Crippen molar-refractivity contribution >= 4 is 28.4 Å². The van der Waals surface area contributed by atoms with Crippen molar-refractivity contribution in [1.82, 2.24) is 0 Å². The Morgan fingerprint density at radius 2 is 1.89 bits per heavy atom. The van der Waals surface area contributed by atoms with E-state index < -0.39 is 5.60 Å². The predicted molar refractivity (Wildman–Crippen MR) is 106 cm³/mol. The van der Waals surface area contributed by atoms with Crippen LogP contribution in [0.25, 0.3) is 11.1 Å². The van der Waals surface area contributed by atoms with Crippen LogP contribution < -0.4 is 10.2 Å². The highest BCUT2D eigenvalue weighted by atomic mass is 19.1. The van der Waals surface area contributed by atoms with Crippen LogP contribution in [0.4, 0.5) is 15.8 Å². The molecule has 4 rings (SSSR count). The van der Waals surface area contributed by atoms with E-state index in [1.807, 2.05) is 57.1 Å². The van der Waals surface area contributed by atoms with Gasteiger partial charge >= 0.3 is 0 Å². The standard InChI is InChI=1S/C22H21FN2O2/c1-22(2)17(13-6-5-7-15(10-13)25(3)4)12-19(27-22)20-16-9-8-14(23)11-18(16)24-21(20)26/h5-12H,1-4H3,(H,24,26). The fourth-order valence-electron chi connectivity index (χ4n) is 3.56. The number of amides is 1. The SMILES string of the molecule is CN(C)c1cccc(C2=CC(=C3C(=O)Nc4cc(F)ccc43)OC2(C)C)c1. The lowest BCUT2D eigenvalue weighted by Crippen LogP contribution is -2.21. The molecule has 2 heterocycles. The number of hydrogen-bond donors (Lipinski definition) is 1. The predicted octanol–water partition coefficient (Wildman–Crippen LogP) is 4.45. The molecule has 4 nitrogen and oxygen atoms in total.